The van der Waals surface area contributed by atoms with Gasteiger partial charge >= 0.3 is 6.09 Å². The minimum atomic E-state index is -1.19. The van der Waals surface area contributed by atoms with Crippen molar-refractivity contribution < 1.29 is 24.2 Å². The van der Waals surface area contributed by atoms with Crippen LogP contribution >= 0.6 is 0 Å². The summed E-state index contributed by atoms with van der Waals surface area (Å²) in [5.41, 5.74) is -1.42. The van der Waals surface area contributed by atoms with Crippen LogP contribution in [0.4, 0.5) is 10.5 Å². The Morgan fingerprint density at radius 2 is 1.89 bits per heavy atom. The molecule has 11 nitrogen and oxygen atoms in total. The zero-order valence-corrected chi connectivity index (χ0v) is 21.1. The molecule has 0 aromatic carbocycles. The van der Waals surface area contributed by atoms with Crippen molar-refractivity contribution in [3.63, 3.8) is 0 Å². The maximum atomic E-state index is 12.9. The Balaban J connectivity index is 2.91. The monoisotopic (exact) mass is 491 g/mol. The molecule has 0 aliphatic heterocycles. The number of hydrogen-bond donors (Lipinski definition) is 4. The van der Waals surface area contributed by atoms with E-state index in [1.54, 1.807) is 26.8 Å². The number of rotatable bonds is 12. The molecule has 0 saturated heterocycles. The van der Waals surface area contributed by atoms with Crippen LogP contribution in [0.1, 0.15) is 60.3 Å². The smallest absolute Gasteiger partial charge is 0.408 e. The fraction of sp³-hybridized carbons (Fsp3) is 0.625. The van der Waals surface area contributed by atoms with Gasteiger partial charge in [0.15, 0.2) is 0 Å². The molecule has 0 bridgehead atoms. The van der Waals surface area contributed by atoms with E-state index in [0.717, 1.165) is 6.42 Å². The van der Waals surface area contributed by atoms with E-state index in [1.165, 1.54) is 22.9 Å². The molecule has 2 atom stereocenters. The lowest BCUT2D eigenvalue weighted by molar-refractivity contribution is -0.121. The van der Waals surface area contributed by atoms with E-state index in [4.69, 9.17) is 10.00 Å². The lowest BCUT2D eigenvalue weighted by atomic mass is 10.1. The number of nitrogens with one attached hydrogen (secondary N) is 3. The third-order valence-electron chi connectivity index (χ3n) is 4.76. The SMILES string of the molecule is CC(C)CCNC(=O)Cn1cccc(NC(=O)[C@H](CCCC(O)C#N)NC(=O)OC(C)(C)C)c1=O. The van der Waals surface area contributed by atoms with Crippen LogP contribution in [0, 0.1) is 17.2 Å². The average Bonchev–Trinajstić information content (AvgIpc) is 2.74. The summed E-state index contributed by atoms with van der Waals surface area (Å²) in [6.07, 6.45) is 0.727. The largest absolute Gasteiger partial charge is 0.444 e. The van der Waals surface area contributed by atoms with Gasteiger partial charge in [-0.15, -0.1) is 0 Å². The normalized spacial score (nSPS) is 12.9. The molecule has 0 aliphatic carbocycles. The molecule has 0 radical (unpaired) electrons. The van der Waals surface area contributed by atoms with Crippen molar-refractivity contribution in [1.82, 2.24) is 15.2 Å². The maximum Gasteiger partial charge on any atom is 0.408 e. The Kier molecular flexibility index (Phi) is 12.0. The molecular formula is C24H37N5O6. The fourth-order valence-electron chi connectivity index (χ4n) is 2.99. The lowest BCUT2D eigenvalue weighted by Gasteiger charge is -2.23. The van der Waals surface area contributed by atoms with E-state index in [9.17, 15) is 24.3 Å². The Labute approximate surface area is 205 Å². The van der Waals surface area contributed by atoms with Crippen molar-refractivity contribution >= 4 is 23.6 Å². The first-order valence-electron chi connectivity index (χ1n) is 11.7. The molecule has 1 aromatic rings. The minimum Gasteiger partial charge on any atom is -0.444 e. The average molecular weight is 492 g/mol. The highest BCUT2D eigenvalue weighted by Crippen LogP contribution is 2.11. The minimum absolute atomic E-state index is 0.0551. The van der Waals surface area contributed by atoms with E-state index < -0.39 is 35.3 Å². The quantitative estimate of drug-likeness (QED) is 0.324. The number of aromatic nitrogens is 1. The molecule has 4 N–H and O–H groups in total. The highest BCUT2D eigenvalue weighted by Gasteiger charge is 2.25. The van der Waals surface area contributed by atoms with Crippen molar-refractivity contribution in [2.45, 2.75) is 84.6 Å². The fourth-order valence-corrected chi connectivity index (χ4v) is 2.99. The number of pyridine rings is 1. The van der Waals surface area contributed by atoms with Gasteiger partial charge in [0.2, 0.25) is 11.8 Å². The number of alkyl carbamates (subject to hydrolysis) is 1. The highest BCUT2D eigenvalue weighted by atomic mass is 16.6. The van der Waals surface area contributed by atoms with Gasteiger partial charge in [0, 0.05) is 12.7 Å². The second-order valence-corrected chi connectivity index (χ2v) is 9.65. The number of carbonyl (C=O) groups excluding carboxylic acids is 3. The van der Waals surface area contributed by atoms with Crippen LogP contribution in [0.3, 0.4) is 0 Å². The topological polar surface area (TPSA) is 163 Å². The first-order chi connectivity index (χ1) is 16.3. The number of nitrogens with zero attached hydrogens (tertiary/aromatic N) is 2. The van der Waals surface area contributed by atoms with Gasteiger partial charge in [0.05, 0.1) is 6.07 Å². The molecule has 0 saturated carbocycles. The Morgan fingerprint density at radius 1 is 1.20 bits per heavy atom. The van der Waals surface area contributed by atoms with Crippen LogP contribution in [-0.4, -0.2) is 51.9 Å². The van der Waals surface area contributed by atoms with E-state index in [0.29, 0.717) is 12.5 Å². The summed E-state index contributed by atoms with van der Waals surface area (Å²) in [6, 6.07) is 3.54. The van der Waals surface area contributed by atoms with Gasteiger partial charge in [-0.1, -0.05) is 13.8 Å². The van der Waals surface area contributed by atoms with Crippen LogP contribution in [0.2, 0.25) is 0 Å². The summed E-state index contributed by atoms with van der Waals surface area (Å²) in [7, 11) is 0. The third kappa shape index (κ3) is 12.0. The number of amides is 3. The third-order valence-corrected chi connectivity index (χ3v) is 4.76. The van der Waals surface area contributed by atoms with Crippen LogP contribution in [0.5, 0.6) is 0 Å². The van der Waals surface area contributed by atoms with Crippen LogP contribution in [0.15, 0.2) is 23.1 Å². The summed E-state index contributed by atoms with van der Waals surface area (Å²) < 4.78 is 6.39. The van der Waals surface area contributed by atoms with Gasteiger partial charge in [-0.25, -0.2) is 4.79 Å². The Morgan fingerprint density at radius 3 is 2.49 bits per heavy atom. The Hall–Kier alpha value is -3.39. The second kappa shape index (κ2) is 14.1. The van der Waals surface area contributed by atoms with Gasteiger partial charge in [-0.2, -0.15) is 5.26 Å². The van der Waals surface area contributed by atoms with Gasteiger partial charge in [-0.05, 0) is 64.5 Å². The maximum absolute atomic E-state index is 12.9. The first kappa shape index (κ1) is 29.6. The number of aliphatic hydroxyl groups is 1. The molecule has 3 amide bonds. The second-order valence-electron chi connectivity index (χ2n) is 9.65. The molecule has 1 rings (SSSR count). The van der Waals surface area contributed by atoms with Crippen LogP contribution < -0.4 is 21.5 Å². The van der Waals surface area contributed by atoms with Gasteiger partial charge in [0.25, 0.3) is 5.56 Å². The first-order valence-corrected chi connectivity index (χ1v) is 11.7. The molecule has 0 fully saturated rings. The summed E-state index contributed by atoms with van der Waals surface area (Å²) in [6.45, 7) is 9.41. The van der Waals surface area contributed by atoms with E-state index in [1.807, 2.05) is 13.8 Å². The van der Waals surface area contributed by atoms with Crippen LogP contribution in [-0.2, 0) is 20.9 Å². The van der Waals surface area contributed by atoms with Gasteiger partial charge in [-0.3, -0.25) is 14.4 Å². The van der Waals surface area contributed by atoms with Crippen molar-refractivity contribution in [3.8, 4) is 6.07 Å². The zero-order chi connectivity index (χ0) is 26.6. The Bertz CT molecular complexity index is 960. The molecule has 194 valence electrons. The molecule has 35 heavy (non-hydrogen) atoms. The molecule has 1 aromatic heterocycles. The summed E-state index contributed by atoms with van der Waals surface area (Å²) in [4.78, 5) is 50.1. The molecule has 1 heterocycles. The van der Waals surface area contributed by atoms with E-state index >= 15 is 0 Å². The van der Waals surface area contributed by atoms with Gasteiger partial charge in [0.1, 0.15) is 30.0 Å². The molecule has 1 unspecified atom stereocenters. The van der Waals surface area contributed by atoms with Gasteiger partial charge < -0.3 is 30.4 Å². The van der Waals surface area contributed by atoms with Crippen molar-refractivity contribution in [2.24, 2.45) is 5.92 Å². The number of anilines is 1. The number of carbonyl (C=O) groups is 3. The molecule has 0 spiro atoms. The number of aliphatic hydroxyl groups excluding tert-OH is 1. The number of nitriles is 1. The number of hydrogen-bond acceptors (Lipinski definition) is 7. The van der Waals surface area contributed by atoms with E-state index in [-0.39, 0.29) is 37.4 Å². The predicted octanol–water partition coefficient (Wildman–Crippen LogP) is 1.90. The summed E-state index contributed by atoms with van der Waals surface area (Å²) in [5, 5.41) is 25.9. The van der Waals surface area contributed by atoms with Crippen molar-refractivity contribution in [2.75, 3.05) is 11.9 Å². The lowest BCUT2D eigenvalue weighted by Crippen LogP contribution is -2.46. The highest BCUT2D eigenvalue weighted by molar-refractivity contribution is 5.96. The summed E-state index contributed by atoms with van der Waals surface area (Å²) >= 11 is 0. The molecular weight excluding hydrogens is 454 g/mol. The molecule has 11 heteroatoms. The summed E-state index contributed by atoms with van der Waals surface area (Å²) in [5.74, 6) is -0.558. The molecule has 0 aliphatic rings. The van der Waals surface area contributed by atoms with Crippen LogP contribution in [0.25, 0.3) is 0 Å². The zero-order valence-electron chi connectivity index (χ0n) is 21.1. The predicted molar refractivity (Wildman–Crippen MR) is 130 cm³/mol. The standard InChI is InChI=1S/C24H37N5O6/c1-16(2)11-12-26-20(31)15-29-13-7-10-19(22(29)33)27-21(32)18(9-6-8-17(30)14-25)28-23(34)35-24(3,4)5/h7,10,13,16-18,30H,6,8-9,11-12,15H2,1-5H3,(H,26,31)(H,27,32)(H,28,34)/t17?,18-/m0/s1. The van der Waals surface area contributed by atoms with Crippen molar-refractivity contribution in [3.05, 3.63) is 28.7 Å². The number of ether oxygens (including phenoxy) is 1. The van der Waals surface area contributed by atoms with Crippen molar-refractivity contribution in [1.29, 1.82) is 5.26 Å². The van der Waals surface area contributed by atoms with E-state index in [2.05, 4.69) is 16.0 Å².